The van der Waals surface area contributed by atoms with Crippen molar-refractivity contribution in [1.29, 1.82) is 0 Å². The first-order chi connectivity index (χ1) is 6.99. The standard InChI is InChI=1S/C7H12N2.CH4O4S/c1-2-3-5-9-6-4-8-7-9;1-5-6(2,3)4/h4,6-7H,2-3,5H2,1H3;1H3,(H,2,3,4). The molecule has 0 amide bonds. The molecule has 1 rings (SSSR count). The zero-order chi connectivity index (χ0) is 11.7. The van der Waals surface area contributed by atoms with Crippen molar-refractivity contribution in [3.63, 3.8) is 0 Å². The monoisotopic (exact) mass is 236 g/mol. The highest BCUT2D eigenvalue weighted by Gasteiger charge is 2.02. The quantitative estimate of drug-likeness (QED) is 0.515. The SMILES string of the molecule is CCCC[NH+]1C=CN=C1.COS(=O)(=O)[O-]. The molecule has 0 bridgehead atoms. The lowest BCUT2D eigenvalue weighted by Gasteiger charge is -2.01. The Morgan fingerprint density at radius 3 is 2.47 bits per heavy atom. The van der Waals surface area contributed by atoms with E-state index in [-0.39, 0.29) is 0 Å². The highest BCUT2D eigenvalue weighted by atomic mass is 32.3. The van der Waals surface area contributed by atoms with Crippen molar-refractivity contribution in [3.8, 4) is 0 Å². The van der Waals surface area contributed by atoms with Gasteiger partial charge in [0.1, 0.15) is 6.20 Å². The molecule has 88 valence electrons. The van der Waals surface area contributed by atoms with E-state index in [1.807, 2.05) is 12.5 Å². The minimum absolute atomic E-state index is 0.808. The van der Waals surface area contributed by atoms with E-state index in [4.69, 9.17) is 0 Å². The molecule has 1 aliphatic heterocycles. The normalized spacial score (nSPS) is 18.7. The first-order valence-corrected chi connectivity index (χ1v) is 5.90. The first-order valence-electron chi connectivity index (χ1n) is 4.56. The molecule has 1 N–H and O–H groups in total. The Morgan fingerprint density at radius 2 is 2.13 bits per heavy atom. The molecule has 6 nitrogen and oxygen atoms in total. The second kappa shape index (κ2) is 7.52. The summed E-state index contributed by atoms with van der Waals surface area (Å²) in [6.07, 6.45) is 8.42. The van der Waals surface area contributed by atoms with E-state index in [1.165, 1.54) is 24.3 Å². The summed E-state index contributed by atoms with van der Waals surface area (Å²) in [5.41, 5.74) is 0. The average Bonchev–Trinajstić information content (AvgIpc) is 2.67. The van der Waals surface area contributed by atoms with Gasteiger partial charge < -0.3 is 4.55 Å². The Kier molecular flexibility index (Phi) is 7.14. The molecule has 0 spiro atoms. The molecule has 1 heterocycles. The van der Waals surface area contributed by atoms with Gasteiger partial charge in [0.2, 0.25) is 10.4 Å². The van der Waals surface area contributed by atoms with Crippen molar-refractivity contribution in [2.24, 2.45) is 4.99 Å². The highest BCUT2D eigenvalue weighted by Crippen LogP contribution is 1.80. The maximum atomic E-state index is 9.22. The lowest BCUT2D eigenvalue weighted by molar-refractivity contribution is -0.736. The molecule has 15 heavy (non-hydrogen) atoms. The fourth-order valence-corrected chi connectivity index (χ4v) is 0.849. The predicted octanol–water partition coefficient (Wildman–Crippen LogP) is -0.722. The fourth-order valence-electron chi connectivity index (χ4n) is 0.849. The number of quaternary nitrogens is 1. The topological polar surface area (TPSA) is 83.2 Å². The van der Waals surface area contributed by atoms with E-state index >= 15 is 0 Å². The van der Waals surface area contributed by atoms with Gasteiger partial charge in [0, 0.05) is 0 Å². The molecule has 0 radical (unpaired) electrons. The molecule has 0 saturated carbocycles. The van der Waals surface area contributed by atoms with Crippen molar-refractivity contribution in [3.05, 3.63) is 12.4 Å². The molecule has 0 fully saturated rings. The molecule has 1 atom stereocenters. The molecule has 0 saturated heterocycles. The summed E-state index contributed by atoms with van der Waals surface area (Å²) in [6, 6.07) is 0. The summed E-state index contributed by atoms with van der Waals surface area (Å²) in [4.78, 5) is 5.35. The van der Waals surface area contributed by atoms with Crippen molar-refractivity contribution in [2.45, 2.75) is 19.8 Å². The molecule has 0 aromatic heterocycles. The smallest absolute Gasteiger partial charge is 0.217 e. The van der Waals surface area contributed by atoms with E-state index in [1.54, 1.807) is 0 Å². The third-order valence-corrected chi connectivity index (χ3v) is 2.05. The first kappa shape index (κ1) is 14.2. The largest absolute Gasteiger partial charge is 0.726 e. The Bertz CT molecular complexity index is 299. The molecular weight excluding hydrogens is 220 g/mol. The molecule has 0 aromatic carbocycles. The van der Waals surface area contributed by atoms with Crippen molar-refractivity contribution < 1.29 is 22.1 Å². The number of nitrogens with zero attached hydrogens (tertiary/aromatic N) is 1. The van der Waals surface area contributed by atoms with Crippen LogP contribution in [0.2, 0.25) is 0 Å². The molecule has 0 aromatic rings. The van der Waals surface area contributed by atoms with Gasteiger partial charge in [-0.1, -0.05) is 13.3 Å². The summed E-state index contributed by atoms with van der Waals surface area (Å²) in [5.74, 6) is 0. The van der Waals surface area contributed by atoms with Crippen LogP contribution < -0.4 is 4.90 Å². The third kappa shape index (κ3) is 9.54. The Balaban J connectivity index is 0.000000288. The molecule has 0 aliphatic carbocycles. The maximum Gasteiger partial charge on any atom is 0.217 e. The van der Waals surface area contributed by atoms with Crippen molar-refractivity contribution in [2.75, 3.05) is 13.7 Å². The molecule has 7 heteroatoms. The van der Waals surface area contributed by atoms with E-state index in [0.29, 0.717) is 0 Å². The van der Waals surface area contributed by atoms with Crippen LogP contribution in [0.5, 0.6) is 0 Å². The minimum Gasteiger partial charge on any atom is -0.726 e. The van der Waals surface area contributed by atoms with Gasteiger partial charge in [-0.15, -0.1) is 0 Å². The lowest BCUT2D eigenvalue weighted by atomic mass is 10.3. The van der Waals surface area contributed by atoms with Crippen molar-refractivity contribution in [1.82, 2.24) is 0 Å². The average molecular weight is 236 g/mol. The number of rotatable bonds is 4. The molecular formula is C8H16N2O4S. The Labute approximate surface area is 90.2 Å². The van der Waals surface area contributed by atoms with Crippen LogP contribution in [-0.2, 0) is 14.6 Å². The lowest BCUT2D eigenvalue weighted by Crippen LogP contribution is -3.05. The van der Waals surface area contributed by atoms with E-state index in [2.05, 4.69) is 22.3 Å². The van der Waals surface area contributed by atoms with Crippen LogP contribution in [-0.4, -0.2) is 33.0 Å². The summed E-state index contributed by atoms with van der Waals surface area (Å²) < 4.78 is 31.0. The molecule has 1 unspecified atom stereocenters. The fraction of sp³-hybridized carbons (Fsp3) is 0.625. The van der Waals surface area contributed by atoms with Crippen LogP contribution in [0.3, 0.4) is 0 Å². The van der Waals surface area contributed by atoms with Gasteiger partial charge in [0.25, 0.3) is 0 Å². The van der Waals surface area contributed by atoms with Crippen LogP contribution >= 0.6 is 0 Å². The minimum atomic E-state index is -4.41. The van der Waals surface area contributed by atoms with Gasteiger partial charge in [-0.2, -0.15) is 0 Å². The van der Waals surface area contributed by atoms with Crippen LogP contribution in [0.25, 0.3) is 0 Å². The van der Waals surface area contributed by atoms with E-state index in [0.717, 1.165) is 7.11 Å². The van der Waals surface area contributed by atoms with Crippen LogP contribution in [0.4, 0.5) is 0 Å². The zero-order valence-corrected chi connectivity index (χ0v) is 9.66. The number of nitrogens with one attached hydrogen (secondary N) is 1. The second-order valence-electron chi connectivity index (χ2n) is 2.85. The van der Waals surface area contributed by atoms with Gasteiger partial charge in [-0.25, -0.2) is 13.4 Å². The maximum absolute atomic E-state index is 9.22. The highest BCUT2D eigenvalue weighted by molar-refractivity contribution is 7.80. The zero-order valence-electron chi connectivity index (χ0n) is 8.84. The Morgan fingerprint density at radius 1 is 1.53 bits per heavy atom. The summed E-state index contributed by atoms with van der Waals surface area (Å²) >= 11 is 0. The van der Waals surface area contributed by atoms with Crippen LogP contribution in [0, 0.1) is 0 Å². The predicted molar refractivity (Wildman–Crippen MR) is 55.1 cm³/mol. The van der Waals surface area contributed by atoms with Gasteiger partial charge >= 0.3 is 0 Å². The van der Waals surface area contributed by atoms with Gasteiger partial charge in [-0.05, 0) is 6.42 Å². The Hall–Kier alpha value is -0.760. The third-order valence-electron chi connectivity index (χ3n) is 1.64. The van der Waals surface area contributed by atoms with Crippen LogP contribution in [0.1, 0.15) is 19.8 Å². The van der Waals surface area contributed by atoms with Crippen LogP contribution in [0.15, 0.2) is 17.4 Å². The molecule has 1 aliphatic rings. The van der Waals surface area contributed by atoms with Gasteiger partial charge in [0.15, 0.2) is 6.34 Å². The number of aliphatic imine (C=N–C) groups is 1. The van der Waals surface area contributed by atoms with Gasteiger partial charge in [0.05, 0.1) is 19.9 Å². The van der Waals surface area contributed by atoms with E-state index < -0.39 is 10.4 Å². The number of unbranched alkanes of at least 4 members (excludes halogenated alkanes) is 1. The second-order valence-corrected chi connectivity index (χ2v) is 4.00. The number of hydrogen-bond donors (Lipinski definition) is 1. The summed E-state index contributed by atoms with van der Waals surface area (Å²) in [6.45, 7) is 3.40. The van der Waals surface area contributed by atoms with Gasteiger partial charge in [-0.3, -0.25) is 9.08 Å². The summed E-state index contributed by atoms with van der Waals surface area (Å²) in [5, 5.41) is 0. The van der Waals surface area contributed by atoms with Crippen molar-refractivity contribution >= 4 is 16.7 Å². The van der Waals surface area contributed by atoms with E-state index in [9.17, 15) is 13.0 Å². The summed E-state index contributed by atoms with van der Waals surface area (Å²) in [7, 11) is -3.60. The number of hydrogen-bond acceptors (Lipinski definition) is 5.